The maximum absolute atomic E-state index is 12.3. The van der Waals surface area contributed by atoms with E-state index >= 15 is 0 Å². The Morgan fingerprint density at radius 3 is 2.38 bits per heavy atom. The number of carboxylic acid groups (broad SMARTS) is 1. The van der Waals surface area contributed by atoms with Crippen molar-refractivity contribution in [2.24, 2.45) is 0 Å². The van der Waals surface area contributed by atoms with E-state index in [0.717, 1.165) is 17.7 Å². The molecule has 0 unspecified atom stereocenters. The second-order valence-electron chi connectivity index (χ2n) is 5.68. The highest BCUT2D eigenvalue weighted by Gasteiger charge is 2.31. The third-order valence-corrected chi connectivity index (χ3v) is 3.88. The SMILES string of the molecule is O=C(O)COc1cc2c(cc1-c1ccc(OC(F)(F)F)cc1)C(=O)CC2. The van der Waals surface area contributed by atoms with Gasteiger partial charge in [-0.3, -0.25) is 4.79 Å². The summed E-state index contributed by atoms with van der Waals surface area (Å²) in [5.41, 5.74) is 2.18. The molecular weight excluding hydrogens is 353 g/mol. The quantitative estimate of drug-likeness (QED) is 0.870. The summed E-state index contributed by atoms with van der Waals surface area (Å²) in [7, 11) is 0. The molecule has 1 aliphatic rings. The van der Waals surface area contributed by atoms with Crippen molar-refractivity contribution in [2.75, 3.05) is 6.61 Å². The number of ketones is 1. The normalized spacial score (nSPS) is 13.4. The van der Waals surface area contributed by atoms with Crippen LogP contribution in [0.25, 0.3) is 11.1 Å². The van der Waals surface area contributed by atoms with Gasteiger partial charge in [0, 0.05) is 17.5 Å². The Morgan fingerprint density at radius 2 is 1.77 bits per heavy atom. The Kier molecular flexibility index (Phi) is 4.58. The van der Waals surface area contributed by atoms with Gasteiger partial charge in [-0.15, -0.1) is 13.2 Å². The van der Waals surface area contributed by atoms with E-state index in [0.29, 0.717) is 29.5 Å². The van der Waals surface area contributed by atoms with Gasteiger partial charge in [-0.25, -0.2) is 4.79 Å². The number of halogens is 3. The maximum atomic E-state index is 12.3. The van der Waals surface area contributed by atoms with E-state index in [2.05, 4.69) is 4.74 Å². The van der Waals surface area contributed by atoms with Crippen LogP contribution in [0, 0.1) is 0 Å². The highest BCUT2D eigenvalue weighted by Crippen LogP contribution is 2.37. The predicted octanol–water partition coefficient (Wildman–Crippen LogP) is 3.84. The number of aliphatic carboxylic acids is 1. The fourth-order valence-electron chi connectivity index (χ4n) is 2.79. The summed E-state index contributed by atoms with van der Waals surface area (Å²) in [5, 5.41) is 8.81. The van der Waals surface area contributed by atoms with Crippen LogP contribution in [-0.4, -0.2) is 29.8 Å². The number of carbonyl (C=O) groups is 2. The number of carbonyl (C=O) groups excluding carboxylic acids is 1. The van der Waals surface area contributed by atoms with Gasteiger partial charge >= 0.3 is 12.3 Å². The second kappa shape index (κ2) is 6.70. The molecule has 0 heterocycles. The predicted molar refractivity (Wildman–Crippen MR) is 84.3 cm³/mol. The molecule has 3 rings (SSSR count). The minimum Gasteiger partial charge on any atom is -0.481 e. The minimum atomic E-state index is -4.79. The van der Waals surface area contributed by atoms with Gasteiger partial charge in [0.05, 0.1) is 0 Å². The van der Waals surface area contributed by atoms with E-state index in [1.165, 1.54) is 12.1 Å². The zero-order valence-corrected chi connectivity index (χ0v) is 13.3. The lowest BCUT2D eigenvalue weighted by molar-refractivity contribution is -0.274. The fourth-order valence-corrected chi connectivity index (χ4v) is 2.79. The lowest BCUT2D eigenvalue weighted by Crippen LogP contribution is -2.16. The molecule has 1 aliphatic carbocycles. The molecule has 2 aromatic rings. The van der Waals surface area contributed by atoms with Crippen LogP contribution >= 0.6 is 0 Å². The van der Waals surface area contributed by atoms with Crippen LogP contribution in [0.5, 0.6) is 11.5 Å². The number of rotatable bonds is 5. The smallest absolute Gasteiger partial charge is 0.481 e. The fraction of sp³-hybridized carbons (Fsp3) is 0.222. The molecule has 0 spiro atoms. The van der Waals surface area contributed by atoms with Gasteiger partial charge in [0.2, 0.25) is 0 Å². The molecule has 5 nitrogen and oxygen atoms in total. The monoisotopic (exact) mass is 366 g/mol. The summed E-state index contributed by atoms with van der Waals surface area (Å²) in [6.45, 7) is -0.574. The summed E-state index contributed by atoms with van der Waals surface area (Å²) in [6.07, 6.45) is -3.90. The Morgan fingerprint density at radius 1 is 1.08 bits per heavy atom. The molecule has 1 N–H and O–H groups in total. The van der Waals surface area contributed by atoms with Crippen molar-refractivity contribution in [1.82, 2.24) is 0 Å². The van der Waals surface area contributed by atoms with Crippen LogP contribution in [0.1, 0.15) is 22.3 Å². The molecule has 0 atom stereocenters. The van der Waals surface area contributed by atoms with E-state index in [9.17, 15) is 22.8 Å². The van der Waals surface area contributed by atoms with Crippen LogP contribution in [0.15, 0.2) is 36.4 Å². The number of carboxylic acids is 1. The molecule has 8 heteroatoms. The highest BCUT2D eigenvalue weighted by molar-refractivity contribution is 6.02. The van der Waals surface area contributed by atoms with E-state index in [1.807, 2.05) is 0 Å². The first-order chi connectivity index (χ1) is 12.2. The first-order valence-corrected chi connectivity index (χ1v) is 7.64. The highest BCUT2D eigenvalue weighted by atomic mass is 19.4. The zero-order chi connectivity index (χ0) is 18.9. The molecule has 0 saturated heterocycles. The van der Waals surface area contributed by atoms with Gasteiger partial charge in [0.25, 0.3) is 0 Å². The van der Waals surface area contributed by atoms with Crippen molar-refractivity contribution < 1.29 is 37.3 Å². The molecular formula is C18H13F3O5. The zero-order valence-electron chi connectivity index (χ0n) is 13.3. The lowest BCUT2D eigenvalue weighted by atomic mass is 9.99. The standard InChI is InChI=1S/C18H13F3O5/c19-18(20,21)26-12-4-1-10(2-5-12)14-8-13-11(3-6-15(13)22)7-16(14)25-9-17(23)24/h1-2,4-5,7-8H,3,6,9H2,(H,23,24). The molecule has 0 aromatic heterocycles. The first kappa shape index (κ1) is 17.8. The van der Waals surface area contributed by atoms with Crippen LogP contribution in [0.2, 0.25) is 0 Å². The number of benzene rings is 2. The number of aryl methyl sites for hydroxylation is 1. The van der Waals surface area contributed by atoms with Crippen molar-refractivity contribution in [3.8, 4) is 22.6 Å². The Hall–Kier alpha value is -3.03. The van der Waals surface area contributed by atoms with Gasteiger partial charge in [-0.05, 0) is 41.8 Å². The molecule has 0 saturated carbocycles. The lowest BCUT2D eigenvalue weighted by Gasteiger charge is -2.14. The maximum Gasteiger partial charge on any atom is 0.573 e. The van der Waals surface area contributed by atoms with Gasteiger partial charge < -0.3 is 14.6 Å². The van der Waals surface area contributed by atoms with E-state index < -0.39 is 18.9 Å². The summed E-state index contributed by atoms with van der Waals surface area (Å²) >= 11 is 0. The minimum absolute atomic E-state index is 0.0388. The third kappa shape index (κ3) is 3.96. The molecule has 0 bridgehead atoms. The van der Waals surface area contributed by atoms with Crippen LogP contribution in [-0.2, 0) is 11.2 Å². The van der Waals surface area contributed by atoms with Gasteiger partial charge in [0.1, 0.15) is 11.5 Å². The van der Waals surface area contributed by atoms with Gasteiger partial charge in [-0.2, -0.15) is 0 Å². The number of hydrogen-bond donors (Lipinski definition) is 1. The summed E-state index contributed by atoms with van der Waals surface area (Å²) in [4.78, 5) is 22.7. The Bertz CT molecular complexity index is 856. The van der Waals surface area contributed by atoms with Crippen molar-refractivity contribution in [3.63, 3.8) is 0 Å². The van der Waals surface area contributed by atoms with E-state index in [4.69, 9.17) is 9.84 Å². The number of alkyl halides is 3. The van der Waals surface area contributed by atoms with Crippen molar-refractivity contribution in [1.29, 1.82) is 0 Å². The number of hydrogen-bond acceptors (Lipinski definition) is 4. The summed E-state index contributed by atoms with van der Waals surface area (Å²) in [6, 6.07) is 8.24. The topological polar surface area (TPSA) is 72.8 Å². The molecule has 2 aromatic carbocycles. The third-order valence-electron chi connectivity index (χ3n) is 3.88. The van der Waals surface area contributed by atoms with E-state index in [-0.39, 0.29) is 17.3 Å². The Labute approximate surface area is 146 Å². The van der Waals surface area contributed by atoms with Gasteiger partial charge in [-0.1, -0.05) is 12.1 Å². The molecule has 0 fully saturated rings. The number of fused-ring (bicyclic) bond motifs is 1. The van der Waals surface area contributed by atoms with Crippen LogP contribution in [0.3, 0.4) is 0 Å². The molecule has 0 aliphatic heterocycles. The van der Waals surface area contributed by atoms with Crippen molar-refractivity contribution in [3.05, 3.63) is 47.5 Å². The molecule has 0 amide bonds. The number of Topliss-reactive ketones (excluding diaryl/α,β-unsaturated/α-hetero) is 1. The largest absolute Gasteiger partial charge is 0.573 e. The van der Waals surface area contributed by atoms with Crippen molar-refractivity contribution in [2.45, 2.75) is 19.2 Å². The first-order valence-electron chi connectivity index (χ1n) is 7.64. The number of ether oxygens (including phenoxy) is 2. The molecule has 26 heavy (non-hydrogen) atoms. The molecule has 0 radical (unpaired) electrons. The summed E-state index contributed by atoms with van der Waals surface area (Å²) < 4.78 is 45.9. The Balaban J connectivity index is 1.98. The summed E-state index contributed by atoms with van der Waals surface area (Å²) in [5.74, 6) is -1.33. The van der Waals surface area contributed by atoms with Crippen LogP contribution in [0.4, 0.5) is 13.2 Å². The average molecular weight is 366 g/mol. The van der Waals surface area contributed by atoms with Gasteiger partial charge in [0.15, 0.2) is 12.4 Å². The van der Waals surface area contributed by atoms with Crippen LogP contribution < -0.4 is 9.47 Å². The second-order valence-corrected chi connectivity index (χ2v) is 5.68. The van der Waals surface area contributed by atoms with E-state index in [1.54, 1.807) is 12.1 Å². The van der Waals surface area contributed by atoms with Crippen molar-refractivity contribution >= 4 is 11.8 Å². The average Bonchev–Trinajstić information content (AvgIpc) is 2.92. The molecule has 136 valence electrons.